The Balaban J connectivity index is 1.93. The van der Waals surface area contributed by atoms with Crippen LogP contribution in [-0.2, 0) is 6.42 Å². The minimum atomic E-state index is 0.753. The first-order valence-electron chi connectivity index (χ1n) is 6.17. The van der Waals surface area contributed by atoms with Crippen molar-refractivity contribution in [2.45, 2.75) is 33.1 Å². The molecule has 0 aliphatic carbocycles. The molecule has 1 aromatic heterocycles. The van der Waals surface area contributed by atoms with E-state index in [1.165, 1.54) is 17.7 Å². The molecule has 1 rings (SSSR count). The number of thiophene rings is 1. The summed E-state index contributed by atoms with van der Waals surface area (Å²) in [6.07, 6.45) is 8.10. The quantitative estimate of drug-likeness (QED) is 0.534. The molecule has 0 aliphatic heterocycles. The van der Waals surface area contributed by atoms with Gasteiger partial charge in [0.2, 0.25) is 0 Å². The molecule has 0 saturated heterocycles. The first-order valence-corrected chi connectivity index (χ1v) is 7.05. The van der Waals surface area contributed by atoms with Crippen LogP contribution in [0.3, 0.4) is 0 Å². The molecule has 0 fully saturated rings. The summed E-state index contributed by atoms with van der Waals surface area (Å²) in [5.41, 5.74) is 0. The van der Waals surface area contributed by atoms with Crippen molar-refractivity contribution in [3.05, 3.63) is 34.5 Å². The van der Waals surface area contributed by atoms with Gasteiger partial charge >= 0.3 is 0 Å². The second-order valence-corrected chi connectivity index (χ2v) is 5.51. The van der Waals surface area contributed by atoms with Crippen LogP contribution in [0.1, 0.15) is 31.6 Å². The zero-order valence-corrected chi connectivity index (χ0v) is 11.2. The molecule has 0 bridgehead atoms. The molecule has 1 aromatic rings. The van der Waals surface area contributed by atoms with Gasteiger partial charge in [-0.2, -0.15) is 0 Å². The molecule has 0 amide bonds. The fourth-order valence-corrected chi connectivity index (χ4v) is 2.22. The van der Waals surface area contributed by atoms with E-state index in [1.54, 1.807) is 0 Å². The Labute approximate surface area is 104 Å². The Morgan fingerprint density at radius 3 is 2.81 bits per heavy atom. The topological polar surface area (TPSA) is 12.0 Å². The molecule has 1 heterocycles. The fourth-order valence-electron chi connectivity index (χ4n) is 1.49. The van der Waals surface area contributed by atoms with Gasteiger partial charge < -0.3 is 5.32 Å². The number of rotatable bonds is 8. The van der Waals surface area contributed by atoms with E-state index >= 15 is 0 Å². The van der Waals surface area contributed by atoms with Crippen molar-refractivity contribution in [3.8, 4) is 0 Å². The van der Waals surface area contributed by atoms with Crippen molar-refractivity contribution in [2.75, 3.05) is 13.1 Å². The maximum atomic E-state index is 3.44. The van der Waals surface area contributed by atoms with Gasteiger partial charge in [0.1, 0.15) is 0 Å². The van der Waals surface area contributed by atoms with Crippen molar-refractivity contribution in [3.63, 3.8) is 0 Å². The van der Waals surface area contributed by atoms with Crippen LogP contribution in [0.2, 0.25) is 0 Å². The molecule has 0 saturated carbocycles. The summed E-state index contributed by atoms with van der Waals surface area (Å²) in [5, 5.41) is 5.59. The van der Waals surface area contributed by atoms with E-state index in [1.807, 2.05) is 11.3 Å². The van der Waals surface area contributed by atoms with Crippen LogP contribution in [0, 0.1) is 5.92 Å². The molecule has 0 aliphatic rings. The molecular weight excluding hydrogens is 214 g/mol. The van der Waals surface area contributed by atoms with Crippen molar-refractivity contribution < 1.29 is 0 Å². The van der Waals surface area contributed by atoms with Gasteiger partial charge in [0.25, 0.3) is 0 Å². The van der Waals surface area contributed by atoms with Crippen LogP contribution >= 0.6 is 11.3 Å². The molecule has 0 radical (unpaired) electrons. The highest BCUT2D eigenvalue weighted by Gasteiger charge is 1.91. The average Bonchev–Trinajstić information content (AvgIpc) is 2.74. The van der Waals surface area contributed by atoms with Crippen LogP contribution in [0.4, 0.5) is 0 Å². The highest BCUT2D eigenvalue weighted by molar-refractivity contribution is 7.09. The van der Waals surface area contributed by atoms with Gasteiger partial charge in [-0.1, -0.05) is 32.1 Å². The lowest BCUT2D eigenvalue weighted by molar-refractivity contribution is 0.556. The standard InChI is InChI=1S/C14H23NS/c1-13(2)12-15-10-6-4-3-5-8-14-9-7-11-16-14/h3-4,7,9,11,13,15H,5-6,8,10,12H2,1-2H3. The first-order chi connectivity index (χ1) is 7.79. The largest absolute Gasteiger partial charge is 0.316 e. The minimum absolute atomic E-state index is 0.753. The van der Waals surface area contributed by atoms with Gasteiger partial charge in [-0.15, -0.1) is 11.3 Å². The highest BCUT2D eigenvalue weighted by atomic mass is 32.1. The Hall–Kier alpha value is -0.600. The van der Waals surface area contributed by atoms with Gasteiger partial charge in [-0.3, -0.25) is 0 Å². The third kappa shape index (κ3) is 6.81. The van der Waals surface area contributed by atoms with E-state index in [0.29, 0.717) is 0 Å². The molecule has 90 valence electrons. The molecule has 1 N–H and O–H groups in total. The second-order valence-electron chi connectivity index (χ2n) is 4.48. The van der Waals surface area contributed by atoms with E-state index in [2.05, 4.69) is 48.8 Å². The molecular formula is C14H23NS. The lowest BCUT2D eigenvalue weighted by Gasteiger charge is -2.04. The van der Waals surface area contributed by atoms with Crippen molar-refractivity contribution in [2.24, 2.45) is 5.92 Å². The van der Waals surface area contributed by atoms with E-state index in [0.717, 1.165) is 25.4 Å². The third-order valence-corrected chi connectivity index (χ3v) is 3.28. The monoisotopic (exact) mass is 237 g/mol. The van der Waals surface area contributed by atoms with E-state index < -0.39 is 0 Å². The van der Waals surface area contributed by atoms with Gasteiger partial charge in [-0.05, 0) is 49.7 Å². The molecule has 16 heavy (non-hydrogen) atoms. The third-order valence-electron chi connectivity index (χ3n) is 2.34. The van der Waals surface area contributed by atoms with Crippen LogP contribution < -0.4 is 5.32 Å². The van der Waals surface area contributed by atoms with Gasteiger partial charge in [0.05, 0.1) is 0 Å². The van der Waals surface area contributed by atoms with Gasteiger partial charge in [0, 0.05) is 4.88 Å². The summed E-state index contributed by atoms with van der Waals surface area (Å²) >= 11 is 1.85. The summed E-state index contributed by atoms with van der Waals surface area (Å²) in [4.78, 5) is 1.49. The summed E-state index contributed by atoms with van der Waals surface area (Å²) in [7, 11) is 0. The maximum Gasteiger partial charge on any atom is 0.00482 e. The smallest absolute Gasteiger partial charge is 0.00482 e. The minimum Gasteiger partial charge on any atom is -0.316 e. The number of nitrogens with one attached hydrogen (secondary N) is 1. The van der Waals surface area contributed by atoms with Crippen LogP contribution in [0.5, 0.6) is 0 Å². The predicted octanol–water partition coefficient (Wildman–Crippen LogP) is 3.87. The Morgan fingerprint density at radius 1 is 1.31 bits per heavy atom. The fraction of sp³-hybridized carbons (Fsp3) is 0.571. The maximum absolute atomic E-state index is 3.44. The average molecular weight is 237 g/mol. The van der Waals surface area contributed by atoms with E-state index in [9.17, 15) is 0 Å². The molecule has 0 aromatic carbocycles. The van der Waals surface area contributed by atoms with Crippen LogP contribution in [0.15, 0.2) is 29.7 Å². The molecule has 0 spiro atoms. The number of aryl methyl sites for hydroxylation is 1. The number of hydrogen-bond donors (Lipinski definition) is 1. The summed E-state index contributed by atoms with van der Waals surface area (Å²) < 4.78 is 0. The van der Waals surface area contributed by atoms with Crippen molar-refractivity contribution in [1.29, 1.82) is 0 Å². The molecule has 0 unspecified atom stereocenters. The zero-order valence-electron chi connectivity index (χ0n) is 10.4. The normalized spacial score (nSPS) is 11.7. The van der Waals surface area contributed by atoms with Crippen LogP contribution in [0.25, 0.3) is 0 Å². The summed E-state index contributed by atoms with van der Waals surface area (Å²) in [6.45, 7) is 6.71. The van der Waals surface area contributed by atoms with E-state index in [-0.39, 0.29) is 0 Å². The lowest BCUT2D eigenvalue weighted by Crippen LogP contribution is -2.20. The molecule has 2 heteroatoms. The second kappa shape index (κ2) is 8.54. The van der Waals surface area contributed by atoms with E-state index in [4.69, 9.17) is 0 Å². The highest BCUT2D eigenvalue weighted by Crippen LogP contribution is 2.10. The summed E-state index contributed by atoms with van der Waals surface area (Å²) in [6, 6.07) is 4.34. The zero-order chi connectivity index (χ0) is 11.6. The van der Waals surface area contributed by atoms with Crippen molar-refractivity contribution in [1.82, 2.24) is 5.32 Å². The van der Waals surface area contributed by atoms with Crippen molar-refractivity contribution >= 4 is 11.3 Å². The predicted molar refractivity (Wildman–Crippen MR) is 74.1 cm³/mol. The molecule has 0 atom stereocenters. The lowest BCUT2D eigenvalue weighted by atomic mass is 10.2. The Morgan fingerprint density at radius 2 is 2.12 bits per heavy atom. The Kier molecular flexibility index (Phi) is 7.19. The molecule has 1 nitrogen and oxygen atoms in total. The SMILES string of the molecule is CC(C)CNCCC=CCCc1cccs1. The number of allylic oxidation sites excluding steroid dienone is 1. The van der Waals surface area contributed by atoms with Crippen LogP contribution in [-0.4, -0.2) is 13.1 Å². The summed E-state index contributed by atoms with van der Waals surface area (Å²) in [5.74, 6) is 0.753. The van der Waals surface area contributed by atoms with Gasteiger partial charge in [0.15, 0.2) is 0 Å². The van der Waals surface area contributed by atoms with Gasteiger partial charge in [-0.25, -0.2) is 0 Å². The Bertz CT molecular complexity index is 275. The first kappa shape index (κ1) is 13.5. The number of hydrogen-bond acceptors (Lipinski definition) is 2.